The number of hydrogen-bond acceptors (Lipinski definition) is 3. The molecule has 1 aliphatic carbocycles. The molecule has 2 nitrogen and oxygen atoms in total. The molecule has 2 rings (SSSR count). The highest BCUT2D eigenvalue weighted by atomic mass is 32.2. The van der Waals surface area contributed by atoms with E-state index in [0.29, 0.717) is 17.0 Å². The van der Waals surface area contributed by atoms with Crippen LogP contribution in [-0.2, 0) is 6.18 Å². The predicted molar refractivity (Wildman–Crippen MR) is 79.4 cm³/mol. The van der Waals surface area contributed by atoms with Crippen molar-refractivity contribution in [1.29, 1.82) is 0 Å². The summed E-state index contributed by atoms with van der Waals surface area (Å²) in [5.41, 5.74) is -0.694. The highest BCUT2D eigenvalue weighted by Crippen LogP contribution is 2.29. The summed E-state index contributed by atoms with van der Waals surface area (Å²) in [6.07, 6.45) is 1.71. The number of halogens is 3. The molecule has 0 bridgehead atoms. The minimum absolute atomic E-state index is 0.583. The van der Waals surface area contributed by atoms with Crippen molar-refractivity contribution >= 4 is 11.8 Å². The lowest BCUT2D eigenvalue weighted by atomic mass is 9.86. The van der Waals surface area contributed by atoms with Crippen molar-refractivity contribution in [2.75, 3.05) is 12.3 Å². The summed E-state index contributed by atoms with van der Waals surface area (Å²) in [6.45, 7) is 3.14. The van der Waals surface area contributed by atoms with Gasteiger partial charge in [-0.3, -0.25) is 0 Å². The first kappa shape index (κ1) is 16.6. The molecule has 0 aromatic carbocycles. The third-order valence-corrected chi connectivity index (χ3v) is 4.88. The molecule has 2 unspecified atom stereocenters. The number of nitrogens with zero attached hydrogens (tertiary/aromatic N) is 1. The van der Waals surface area contributed by atoms with Gasteiger partial charge in [-0.05, 0) is 30.9 Å². The molecule has 0 radical (unpaired) electrons. The SMILES string of the molecule is CC1CCCCC1NCCSc1ccc(C(F)(F)F)cn1. The van der Waals surface area contributed by atoms with Gasteiger partial charge in [-0.25, -0.2) is 4.98 Å². The number of hydrogen-bond donors (Lipinski definition) is 1. The molecule has 1 aromatic rings. The first-order valence-corrected chi connectivity index (χ1v) is 8.35. The van der Waals surface area contributed by atoms with E-state index in [-0.39, 0.29) is 0 Å². The lowest BCUT2D eigenvalue weighted by Crippen LogP contribution is -2.38. The summed E-state index contributed by atoms with van der Waals surface area (Å²) in [4.78, 5) is 3.86. The fraction of sp³-hybridized carbons (Fsp3) is 0.667. The first-order chi connectivity index (χ1) is 9.97. The number of thioether (sulfide) groups is 1. The second-order valence-corrected chi connectivity index (χ2v) is 6.67. The fourth-order valence-electron chi connectivity index (χ4n) is 2.65. The molecule has 0 spiro atoms. The van der Waals surface area contributed by atoms with Crippen LogP contribution in [0.2, 0.25) is 0 Å². The van der Waals surface area contributed by atoms with E-state index in [1.54, 1.807) is 0 Å². The van der Waals surface area contributed by atoms with Gasteiger partial charge in [0.15, 0.2) is 0 Å². The molecule has 0 amide bonds. The van der Waals surface area contributed by atoms with Crippen LogP contribution >= 0.6 is 11.8 Å². The van der Waals surface area contributed by atoms with Crippen molar-refractivity contribution in [1.82, 2.24) is 10.3 Å². The molecule has 2 atom stereocenters. The average Bonchev–Trinajstić information content (AvgIpc) is 2.45. The Balaban J connectivity index is 1.71. The number of alkyl halides is 3. The highest BCUT2D eigenvalue weighted by molar-refractivity contribution is 7.99. The Labute approximate surface area is 127 Å². The predicted octanol–water partition coefficient (Wildman–Crippen LogP) is 4.36. The lowest BCUT2D eigenvalue weighted by Gasteiger charge is -2.29. The Morgan fingerprint density at radius 2 is 2.05 bits per heavy atom. The molecule has 1 aromatic heterocycles. The number of rotatable bonds is 5. The van der Waals surface area contributed by atoms with Crippen LogP contribution in [0.25, 0.3) is 0 Å². The zero-order valence-corrected chi connectivity index (χ0v) is 12.9. The van der Waals surface area contributed by atoms with Gasteiger partial charge in [0.1, 0.15) is 0 Å². The van der Waals surface area contributed by atoms with Crippen LogP contribution in [-0.4, -0.2) is 23.3 Å². The van der Waals surface area contributed by atoms with Crippen molar-refractivity contribution < 1.29 is 13.2 Å². The smallest absolute Gasteiger partial charge is 0.313 e. The third-order valence-electron chi connectivity index (χ3n) is 3.93. The second-order valence-electron chi connectivity index (χ2n) is 5.55. The van der Waals surface area contributed by atoms with E-state index in [4.69, 9.17) is 0 Å². The van der Waals surface area contributed by atoms with Crippen LogP contribution in [0.4, 0.5) is 13.2 Å². The fourth-order valence-corrected chi connectivity index (χ4v) is 3.37. The van der Waals surface area contributed by atoms with E-state index in [1.165, 1.54) is 43.5 Å². The molecule has 0 saturated heterocycles. The van der Waals surface area contributed by atoms with E-state index in [1.807, 2.05) is 0 Å². The van der Waals surface area contributed by atoms with Gasteiger partial charge in [0.05, 0.1) is 10.6 Å². The summed E-state index contributed by atoms with van der Waals surface area (Å²) in [5.74, 6) is 1.54. The van der Waals surface area contributed by atoms with E-state index >= 15 is 0 Å². The summed E-state index contributed by atoms with van der Waals surface area (Å²) in [7, 11) is 0. The Kier molecular flexibility index (Phi) is 5.93. The van der Waals surface area contributed by atoms with Gasteiger partial charge in [0, 0.05) is 24.5 Å². The molecule has 1 fully saturated rings. The van der Waals surface area contributed by atoms with Gasteiger partial charge in [-0.2, -0.15) is 13.2 Å². The molecule has 0 aliphatic heterocycles. The third kappa shape index (κ3) is 5.18. The van der Waals surface area contributed by atoms with Crippen LogP contribution in [0.5, 0.6) is 0 Å². The van der Waals surface area contributed by atoms with Gasteiger partial charge in [-0.15, -0.1) is 11.8 Å². The number of nitrogens with one attached hydrogen (secondary N) is 1. The van der Waals surface area contributed by atoms with E-state index in [2.05, 4.69) is 17.2 Å². The van der Waals surface area contributed by atoms with E-state index < -0.39 is 11.7 Å². The van der Waals surface area contributed by atoms with Crippen LogP contribution in [0.3, 0.4) is 0 Å². The van der Waals surface area contributed by atoms with Crippen molar-refractivity contribution in [2.24, 2.45) is 5.92 Å². The topological polar surface area (TPSA) is 24.9 Å². The molecule has 21 heavy (non-hydrogen) atoms. The van der Waals surface area contributed by atoms with E-state index in [9.17, 15) is 13.2 Å². The Morgan fingerprint density at radius 1 is 1.29 bits per heavy atom. The summed E-state index contributed by atoms with van der Waals surface area (Å²) >= 11 is 1.49. The molecule has 1 aliphatic rings. The summed E-state index contributed by atoms with van der Waals surface area (Å²) in [5, 5.41) is 4.19. The molecule has 118 valence electrons. The normalized spacial score (nSPS) is 23.2. The molecule has 1 saturated carbocycles. The largest absolute Gasteiger partial charge is 0.417 e. The van der Waals surface area contributed by atoms with Crippen LogP contribution in [0.1, 0.15) is 38.2 Å². The Bertz CT molecular complexity index is 434. The standard InChI is InChI=1S/C15H21F3N2S/c1-11-4-2-3-5-13(11)19-8-9-21-14-7-6-12(10-20-14)15(16,17)18/h6-7,10-11,13,19H,2-5,8-9H2,1H3. The highest BCUT2D eigenvalue weighted by Gasteiger charge is 2.30. The van der Waals surface area contributed by atoms with Crippen LogP contribution in [0, 0.1) is 5.92 Å². The Hall–Kier alpha value is -0.750. The Morgan fingerprint density at radius 3 is 2.67 bits per heavy atom. The number of pyridine rings is 1. The number of aromatic nitrogens is 1. The first-order valence-electron chi connectivity index (χ1n) is 7.36. The van der Waals surface area contributed by atoms with Gasteiger partial charge in [-0.1, -0.05) is 19.8 Å². The van der Waals surface area contributed by atoms with Crippen LogP contribution in [0.15, 0.2) is 23.4 Å². The molecule has 6 heteroatoms. The monoisotopic (exact) mass is 318 g/mol. The lowest BCUT2D eigenvalue weighted by molar-refractivity contribution is -0.137. The zero-order chi connectivity index (χ0) is 15.3. The quantitative estimate of drug-likeness (QED) is 0.645. The van der Waals surface area contributed by atoms with Crippen molar-refractivity contribution in [2.45, 2.75) is 49.9 Å². The van der Waals surface area contributed by atoms with Gasteiger partial charge >= 0.3 is 6.18 Å². The summed E-state index contributed by atoms with van der Waals surface area (Å²) < 4.78 is 37.2. The maximum atomic E-state index is 12.4. The average molecular weight is 318 g/mol. The van der Waals surface area contributed by atoms with Crippen LogP contribution < -0.4 is 5.32 Å². The van der Waals surface area contributed by atoms with Crippen molar-refractivity contribution in [3.05, 3.63) is 23.9 Å². The van der Waals surface area contributed by atoms with E-state index in [0.717, 1.165) is 24.6 Å². The van der Waals surface area contributed by atoms with Crippen molar-refractivity contribution in [3.8, 4) is 0 Å². The maximum Gasteiger partial charge on any atom is 0.417 e. The van der Waals surface area contributed by atoms with Gasteiger partial charge in [0.2, 0.25) is 0 Å². The molecular weight excluding hydrogens is 297 g/mol. The summed E-state index contributed by atoms with van der Waals surface area (Å²) in [6, 6.07) is 3.11. The minimum Gasteiger partial charge on any atom is -0.313 e. The van der Waals surface area contributed by atoms with Gasteiger partial charge < -0.3 is 5.32 Å². The molecule has 1 N–H and O–H groups in total. The molecule has 1 heterocycles. The molecular formula is C15H21F3N2S. The minimum atomic E-state index is -4.31. The second kappa shape index (κ2) is 7.49. The zero-order valence-electron chi connectivity index (χ0n) is 12.1. The maximum absolute atomic E-state index is 12.4. The van der Waals surface area contributed by atoms with Crippen molar-refractivity contribution in [3.63, 3.8) is 0 Å². The van der Waals surface area contributed by atoms with Gasteiger partial charge in [0.25, 0.3) is 0 Å².